The number of aliphatic imine (C=N–C) groups is 1. The molecule has 1 saturated heterocycles. The first-order chi connectivity index (χ1) is 11.5. The quantitative estimate of drug-likeness (QED) is 0.399. The fourth-order valence-electron chi connectivity index (χ4n) is 3.23. The highest BCUT2D eigenvalue weighted by atomic mass is 35.5. The fourth-order valence-corrected chi connectivity index (χ4v) is 3.31. The van der Waals surface area contributed by atoms with Crippen LogP contribution in [0.4, 0.5) is 0 Å². The van der Waals surface area contributed by atoms with E-state index in [4.69, 9.17) is 17.3 Å². The highest BCUT2D eigenvalue weighted by molar-refractivity contribution is 6.27. The van der Waals surface area contributed by atoms with Crippen molar-refractivity contribution in [2.75, 3.05) is 12.4 Å². The van der Waals surface area contributed by atoms with E-state index in [1.807, 2.05) is 30.3 Å². The van der Waals surface area contributed by atoms with Gasteiger partial charge in [-0.2, -0.15) is 0 Å². The van der Waals surface area contributed by atoms with Gasteiger partial charge in [-0.1, -0.05) is 30.3 Å². The summed E-state index contributed by atoms with van der Waals surface area (Å²) in [5, 5.41) is 5.81. The van der Waals surface area contributed by atoms with Crippen LogP contribution in [-0.4, -0.2) is 41.7 Å². The summed E-state index contributed by atoms with van der Waals surface area (Å²) in [5.41, 5.74) is 5.83. The minimum absolute atomic E-state index is 0.0951. The Morgan fingerprint density at radius 2 is 2.08 bits per heavy atom. The van der Waals surface area contributed by atoms with Gasteiger partial charge in [-0.15, -0.1) is 11.6 Å². The predicted molar refractivity (Wildman–Crippen MR) is 92.9 cm³/mol. The van der Waals surface area contributed by atoms with Crippen molar-refractivity contribution in [1.29, 1.82) is 0 Å². The molecule has 6 nitrogen and oxygen atoms in total. The van der Waals surface area contributed by atoms with E-state index >= 15 is 0 Å². The fraction of sp³-hybridized carbons (Fsp3) is 0.471. The molecule has 0 radical (unpaired) electrons. The molecule has 1 unspecified atom stereocenters. The third-order valence-corrected chi connectivity index (χ3v) is 4.96. The van der Waals surface area contributed by atoms with Gasteiger partial charge in [0.25, 0.3) is 0 Å². The highest BCUT2D eigenvalue weighted by Crippen LogP contribution is 2.47. The Bertz CT molecular complexity index is 664. The number of alkyl halides is 1. The van der Waals surface area contributed by atoms with Gasteiger partial charge in [0.05, 0.1) is 5.88 Å². The zero-order chi connectivity index (χ0) is 17.2. The lowest BCUT2D eigenvalue weighted by molar-refractivity contribution is -0.138. The molecule has 1 aromatic rings. The molecule has 2 aliphatic rings. The number of nitrogens with two attached hydrogens (primary N) is 1. The van der Waals surface area contributed by atoms with Gasteiger partial charge in [0.1, 0.15) is 17.4 Å². The molecule has 2 fully saturated rings. The average Bonchev–Trinajstić information content (AvgIpc) is 3.27. The van der Waals surface area contributed by atoms with Crippen LogP contribution in [0.15, 0.2) is 35.3 Å². The van der Waals surface area contributed by atoms with Crippen LogP contribution in [0, 0.1) is 5.92 Å². The van der Waals surface area contributed by atoms with Crippen LogP contribution in [0.5, 0.6) is 0 Å². The Morgan fingerprint density at radius 3 is 2.79 bits per heavy atom. The summed E-state index contributed by atoms with van der Waals surface area (Å²) in [6.45, 7) is 0.515. The van der Waals surface area contributed by atoms with Crippen molar-refractivity contribution in [3.8, 4) is 0 Å². The highest BCUT2D eigenvalue weighted by Gasteiger charge is 2.63. The van der Waals surface area contributed by atoms with E-state index in [1.54, 1.807) is 0 Å². The minimum Gasteiger partial charge on any atom is -0.386 e. The Balaban J connectivity index is 1.57. The monoisotopic (exact) mass is 348 g/mol. The average molecular weight is 349 g/mol. The third kappa shape index (κ3) is 3.38. The number of carbonyl (C=O) groups is 2. The normalized spacial score (nSPS) is 29.3. The van der Waals surface area contributed by atoms with Gasteiger partial charge in [0.15, 0.2) is 0 Å². The summed E-state index contributed by atoms with van der Waals surface area (Å²) in [4.78, 5) is 29.0. The van der Waals surface area contributed by atoms with E-state index in [-0.39, 0.29) is 23.6 Å². The van der Waals surface area contributed by atoms with Crippen LogP contribution in [0.3, 0.4) is 0 Å². The van der Waals surface area contributed by atoms with Gasteiger partial charge < -0.3 is 16.4 Å². The maximum Gasteiger partial charge on any atom is 0.246 e. The molecule has 1 saturated carbocycles. The van der Waals surface area contributed by atoms with Crippen molar-refractivity contribution in [2.24, 2.45) is 16.6 Å². The van der Waals surface area contributed by atoms with Crippen molar-refractivity contribution >= 4 is 29.3 Å². The van der Waals surface area contributed by atoms with Gasteiger partial charge in [-0.3, -0.25) is 14.6 Å². The molecule has 2 amide bonds. The van der Waals surface area contributed by atoms with E-state index in [0.717, 1.165) is 5.56 Å². The number of carbonyl (C=O) groups excluding carboxylic acids is 2. The van der Waals surface area contributed by atoms with E-state index in [0.29, 0.717) is 31.6 Å². The molecule has 0 aromatic heterocycles. The maximum absolute atomic E-state index is 12.5. The Kier molecular flexibility index (Phi) is 4.76. The lowest BCUT2D eigenvalue weighted by atomic mass is 10.00. The zero-order valence-electron chi connectivity index (χ0n) is 13.3. The molecule has 3 rings (SSSR count). The van der Waals surface area contributed by atoms with Crippen LogP contribution < -0.4 is 16.4 Å². The molecule has 24 heavy (non-hydrogen) atoms. The molecule has 1 spiro atoms. The molecule has 0 bridgehead atoms. The summed E-state index contributed by atoms with van der Waals surface area (Å²) in [5.74, 6) is 0.484. The first kappa shape index (κ1) is 16.8. The van der Waals surface area contributed by atoms with Gasteiger partial charge in [-0.25, -0.2) is 0 Å². The number of hydrogen-bond acceptors (Lipinski definition) is 3. The zero-order valence-corrected chi connectivity index (χ0v) is 14.1. The number of amides is 2. The van der Waals surface area contributed by atoms with Gasteiger partial charge in [0, 0.05) is 13.0 Å². The number of benzene rings is 1. The number of nitrogens with zero attached hydrogens (tertiary/aromatic N) is 1. The second-order valence-corrected chi connectivity index (χ2v) is 6.64. The number of piperazine rings is 1. The molecule has 1 heterocycles. The summed E-state index contributed by atoms with van der Waals surface area (Å²) < 4.78 is 0. The van der Waals surface area contributed by atoms with Crippen LogP contribution in [-0.2, 0) is 16.0 Å². The van der Waals surface area contributed by atoms with Gasteiger partial charge in [-0.05, 0) is 24.3 Å². The number of rotatable bonds is 6. The van der Waals surface area contributed by atoms with Crippen LogP contribution >= 0.6 is 11.6 Å². The molecule has 4 N–H and O–H groups in total. The second-order valence-electron chi connectivity index (χ2n) is 6.37. The third-order valence-electron chi connectivity index (χ3n) is 4.69. The Labute approximate surface area is 145 Å². The van der Waals surface area contributed by atoms with Crippen LogP contribution in [0.25, 0.3) is 0 Å². The summed E-state index contributed by atoms with van der Waals surface area (Å²) in [6, 6.07) is 9.14. The molecular formula is C17H21ClN4O2. The molecule has 1 aliphatic carbocycles. The lowest BCUT2D eigenvalue weighted by Gasteiger charge is -2.30. The molecule has 3 atom stereocenters. The van der Waals surface area contributed by atoms with Crippen LogP contribution in [0.1, 0.15) is 18.4 Å². The summed E-state index contributed by atoms with van der Waals surface area (Å²) in [7, 11) is 0. The van der Waals surface area contributed by atoms with E-state index in [9.17, 15) is 9.59 Å². The van der Waals surface area contributed by atoms with Crippen molar-refractivity contribution in [3.63, 3.8) is 0 Å². The number of nitrogens with one attached hydrogen (secondary N) is 2. The predicted octanol–water partition coefficient (Wildman–Crippen LogP) is 0.588. The first-order valence-electron chi connectivity index (χ1n) is 8.07. The van der Waals surface area contributed by atoms with Crippen molar-refractivity contribution in [1.82, 2.24) is 10.6 Å². The maximum atomic E-state index is 12.5. The Morgan fingerprint density at radius 1 is 1.33 bits per heavy atom. The molecular weight excluding hydrogens is 328 g/mol. The van der Waals surface area contributed by atoms with E-state index < -0.39 is 11.6 Å². The standard InChI is InChI=1S/C17H21ClN4O2/c18-10-14(19)20-7-6-12-9-17(12)16(24)21-13(15(23)22-17)8-11-4-2-1-3-5-11/h1-5,12-13H,6-10H2,(H2,19,20)(H,21,24)(H,22,23)/t12-,13-,17?/m1/s1. The summed E-state index contributed by atoms with van der Waals surface area (Å²) in [6.07, 6.45) is 1.85. The van der Waals surface area contributed by atoms with E-state index in [1.165, 1.54) is 0 Å². The van der Waals surface area contributed by atoms with Crippen molar-refractivity contribution < 1.29 is 9.59 Å². The Hall–Kier alpha value is -2.08. The number of hydrogen-bond donors (Lipinski definition) is 3. The molecule has 1 aromatic carbocycles. The largest absolute Gasteiger partial charge is 0.386 e. The van der Waals surface area contributed by atoms with Gasteiger partial charge in [0.2, 0.25) is 11.8 Å². The first-order valence-corrected chi connectivity index (χ1v) is 8.60. The van der Waals surface area contributed by atoms with Gasteiger partial charge >= 0.3 is 0 Å². The summed E-state index contributed by atoms with van der Waals surface area (Å²) >= 11 is 5.57. The second kappa shape index (κ2) is 6.81. The lowest BCUT2D eigenvalue weighted by Crippen LogP contribution is -2.64. The van der Waals surface area contributed by atoms with Crippen LogP contribution in [0.2, 0.25) is 0 Å². The number of amidine groups is 1. The van der Waals surface area contributed by atoms with E-state index in [2.05, 4.69) is 15.6 Å². The van der Waals surface area contributed by atoms with Crippen molar-refractivity contribution in [2.45, 2.75) is 30.8 Å². The molecule has 1 aliphatic heterocycles. The smallest absolute Gasteiger partial charge is 0.246 e. The molecule has 128 valence electrons. The molecule has 7 heteroatoms. The topological polar surface area (TPSA) is 96.6 Å². The number of halogens is 1. The SMILES string of the molecule is NC(CCl)=NCC[C@@H]1CC12NC(=O)[C@@H](Cc1ccccc1)NC2=O. The van der Waals surface area contributed by atoms with Crippen molar-refractivity contribution in [3.05, 3.63) is 35.9 Å². The minimum atomic E-state index is -0.754.